The molecule has 17 heavy (non-hydrogen) atoms. The Kier molecular flexibility index (Phi) is 3.65. The number of nitrogens with one attached hydrogen (secondary N) is 1. The predicted octanol–water partition coefficient (Wildman–Crippen LogP) is 2.49. The molecule has 0 saturated heterocycles. The average Bonchev–Trinajstić information content (AvgIpc) is 2.90. The Morgan fingerprint density at radius 3 is 2.06 bits per heavy atom. The highest BCUT2D eigenvalue weighted by Gasteiger charge is 2.52. The maximum Gasteiger partial charge on any atom is 0.258 e. The largest absolute Gasteiger partial charge is 0.343 e. The van der Waals surface area contributed by atoms with Crippen molar-refractivity contribution >= 4 is 11.7 Å². The van der Waals surface area contributed by atoms with Crippen LogP contribution in [0.5, 0.6) is 0 Å². The van der Waals surface area contributed by atoms with Gasteiger partial charge in [0.1, 0.15) is 0 Å². The van der Waals surface area contributed by atoms with E-state index < -0.39 is 23.0 Å². The lowest BCUT2D eigenvalue weighted by atomic mass is 9.81. The third-order valence-electron chi connectivity index (χ3n) is 3.09. The summed E-state index contributed by atoms with van der Waals surface area (Å²) in [5.74, 6) is -0.851. The molecule has 0 bridgehead atoms. The van der Waals surface area contributed by atoms with E-state index in [1.54, 1.807) is 13.8 Å². The summed E-state index contributed by atoms with van der Waals surface area (Å²) in [4.78, 5) is 23.7. The second kappa shape index (κ2) is 4.39. The predicted molar refractivity (Wildman–Crippen MR) is 66.4 cm³/mol. The van der Waals surface area contributed by atoms with Gasteiger partial charge >= 0.3 is 0 Å². The first kappa shape index (κ1) is 14.1. The second-order valence-corrected chi connectivity index (χ2v) is 6.29. The lowest BCUT2D eigenvalue weighted by molar-refractivity contribution is -0.135. The van der Waals surface area contributed by atoms with Gasteiger partial charge < -0.3 is 5.32 Å². The lowest BCUT2D eigenvalue weighted by Crippen LogP contribution is -2.53. The number of carbonyl (C=O) groups is 2. The Hall–Kier alpha value is -0.930. The molecule has 0 aliphatic heterocycles. The van der Waals surface area contributed by atoms with Gasteiger partial charge in [-0.05, 0) is 18.3 Å². The Morgan fingerprint density at radius 1 is 1.29 bits per heavy atom. The number of hydrogen-bond acceptors (Lipinski definition) is 2. The van der Waals surface area contributed by atoms with Crippen molar-refractivity contribution in [3.63, 3.8) is 0 Å². The molecule has 1 rings (SSSR count). The van der Waals surface area contributed by atoms with Crippen LogP contribution in [0, 0.1) is 11.3 Å². The molecule has 1 amide bonds. The molecule has 1 aliphatic carbocycles. The highest BCUT2D eigenvalue weighted by atomic mass is 19.1. The maximum absolute atomic E-state index is 13.6. The molecule has 4 heteroatoms. The van der Waals surface area contributed by atoms with Crippen LogP contribution in [0.4, 0.5) is 4.39 Å². The summed E-state index contributed by atoms with van der Waals surface area (Å²) in [6.45, 7) is 9.19. The van der Waals surface area contributed by atoms with Gasteiger partial charge in [-0.2, -0.15) is 0 Å². The number of carbonyl (C=O) groups excluding carboxylic acids is 2. The zero-order valence-electron chi connectivity index (χ0n) is 11.3. The number of halogens is 1. The molecule has 0 unspecified atom stereocenters. The second-order valence-electron chi connectivity index (χ2n) is 6.29. The first-order valence-electron chi connectivity index (χ1n) is 6.11. The van der Waals surface area contributed by atoms with Crippen LogP contribution in [0.25, 0.3) is 0 Å². The van der Waals surface area contributed by atoms with Gasteiger partial charge in [0.15, 0.2) is 11.5 Å². The van der Waals surface area contributed by atoms with Crippen LogP contribution in [0.2, 0.25) is 0 Å². The van der Waals surface area contributed by atoms with E-state index >= 15 is 0 Å². The van der Waals surface area contributed by atoms with Crippen molar-refractivity contribution in [3.8, 4) is 0 Å². The van der Waals surface area contributed by atoms with Crippen LogP contribution in [-0.2, 0) is 9.59 Å². The number of Topliss-reactive ketones (excluding diaryl/α,β-unsaturated/α-hetero) is 1. The standard InChI is InChI=1S/C13H22FNO2.H2/c1-8(2)9(16)10(12(3,4)5)15-11(17)13(14)6-7-13;/h8,10H,6-7H2,1-5H3,(H,15,17);1H/t10-;/m1./s1. The lowest BCUT2D eigenvalue weighted by Gasteiger charge is -2.32. The van der Waals surface area contributed by atoms with Crippen molar-refractivity contribution in [1.29, 1.82) is 0 Å². The highest BCUT2D eigenvalue weighted by Crippen LogP contribution is 2.40. The number of hydrogen-bond donors (Lipinski definition) is 1. The fraction of sp³-hybridized carbons (Fsp3) is 0.846. The van der Waals surface area contributed by atoms with Crippen LogP contribution in [0.15, 0.2) is 0 Å². The topological polar surface area (TPSA) is 46.2 Å². The van der Waals surface area contributed by atoms with Crippen molar-refractivity contribution < 1.29 is 15.4 Å². The van der Waals surface area contributed by atoms with Gasteiger partial charge in [-0.15, -0.1) is 0 Å². The molecule has 0 aromatic heterocycles. The Morgan fingerprint density at radius 2 is 1.76 bits per heavy atom. The van der Waals surface area contributed by atoms with Crippen molar-refractivity contribution in [3.05, 3.63) is 0 Å². The Balaban J connectivity index is 0.00000289. The quantitative estimate of drug-likeness (QED) is 0.827. The van der Waals surface area contributed by atoms with Crippen molar-refractivity contribution in [2.45, 2.75) is 59.2 Å². The van der Waals surface area contributed by atoms with Gasteiger partial charge in [-0.25, -0.2) is 4.39 Å². The fourth-order valence-corrected chi connectivity index (χ4v) is 1.64. The molecule has 0 radical (unpaired) electrons. The fourth-order valence-electron chi connectivity index (χ4n) is 1.64. The molecule has 100 valence electrons. The molecule has 0 heterocycles. The van der Waals surface area contributed by atoms with Crippen LogP contribution < -0.4 is 5.32 Å². The minimum atomic E-state index is -1.72. The molecule has 1 fully saturated rings. The van der Waals surface area contributed by atoms with E-state index in [-0.39, 0.29) is 26.0 Å². The van der Waals surface area contributed by atoms with Crippen LogP contribution in [0.1, 0.15) is 48.9 Å². The summed E-state index contributed by atoms with van der Waals surface area (Å²) in [6, 6.07) is -0.622. The molecule has 0 aromatic rings. The van der Waals surface area contributed by atoms with Gasteiger partial charge in [0.05, 0.1) is 6.04 Å². The molecule has 1 N–H and O–H groups in total. The van der Waals surface area contributed by atoms with Gasteiger partial charge in [0.2, 0.25) is 0 Å². The normalized spacial score (nSPS) is 19.9. The first-order valence-corrected chi connectivity index (χ1v) is 6.11. The third kappa shape index (κ3) is 3.27. The molecular weight excluding hydrogens is 221 g/mol. The van der Waals surface area contributed by atoms with Gasteiger partial charge in [-0.1, -0.05) is 34.6 Å². The molecular formula is C13H24FNO2. The van der Waals surface area contributed by atoms with Gasteiger partial charge in [0, 0.05) is 7.34 Å². The van der Waals surface area contributed by atoms with Gasteiger partial charge in [0.25, 0.3) is 5.91 Å². The third-order valence-corrected chi connectivity index (χ3v) is 3.09. The Labute approximate surface area is 104 Å². The summed E-state index contributed by atoms with van der Waals surface area (Å²) >= 11 is 0. The van der Waals surface area contributed by atoms with E-state index in [1.807, 2.05) is 20.8 Å². The van der Waals surface area contributed by atoms with Crippen LogP contribution in [0.3, 0.4) is 0 Å². The van der Waals surface area contributed by atoms with Crippen molar-refractivity contribution in [2.75, 3.05) is 0 Å². The molecule has 1 atom stereocenters. The summed E-state index contributed by atoms with van der Waals surface area (Å²) in [6.07, 6.45) is 0.539. The molecule has 0 spiro atoms. The molecule has 3 nitrogen and oxygen atoms in total. The van der Waals surface area contributed by atoms with E-state index in [1.165, 1.54) is 0 Å². The number of alkyl halides is 1. The van der Waals surface area contributed by atoms with E-state index in [2.05, 4.69) is 5.32 Å². The monoisotopic (exact) mass is 245 g/mol. The highest BCUT2D eigenvalue weighted by molar-refractivity contribution is 5.94. The minimum absolute atomic E-state index is 0. The summed E-state index contributed by atoms with van der Waals surface area (Å²) < 4.78 is 13.6. The van der Waals surface area contributed by atoms with E-state index in [4.69, 9.17) is 0 Å². The number of amides is 1. The van der Waals surface area contributed by atoms with Gasteiger partial charge in [-0.3, -0.25) is 9.59 Å². The molecule has 1 aliphatic rings. The van der Waals surface area contributed by atoms with E-state index in [9.17, 15) is 14.0 Å². The molecule has 0 aromatic carbocycles. The zero-order valence-corrected chi connectivity index (χ0v) is 11.3. The van der Waals surface area contributed by atoms with Crippen molar-refractivity contribution in [2.24, 2.45) is 11.3 Å². The van der Waals surface area contributed by atoms with Crippen LogP contribution >= 0.6 is 0 Å². The number of ketones is 1. The number of rotatable bonds is 4. The zero-order chi connectivity index (χ0) is 13.4. The Bertz CT molecular complexity index is 332. The summed E-state index contributed by atoms with van der Waals surface area (Å²) in [5, 5.41) is 2.58. The maximum atomic E-state index is 13.6. The van der Waals surface area contributed by atoms with E-state index in [0.717, 1.165) is 0 Å². The SMILES string of the molecule is CC(C)C(=O)[C@@H](NC(=O)C1(F)CC1)C(C)(C)C.[HH]. The first-order chi connectivity index (χ1) is 7.58. The summed E-state index contributed by atoms with van der Waals surface area (Å²) in [5.41, 5.74) is -2.12. The smallest absolute Gasteiger partial charge is 0.258 e. The molecule has 1 saturated carbocycles. The van der Waals surface area contributed by atoms with Crippen molar-refractivity contribution in [1.82, 2.24) is 5.32 Å². The van der Waals surface area contributed by atoms with Crippen LogP contribution in [-0.4, -0.2) is 23.4 Å². The summed E-state index contributed by atoms with van der Waals surface area (Å²) in [7, 11) is 0. The minimum Gasteiger partial charge on any atom is -0.343 e. The average molecular weight is 245 g/mol. The van der Waals surface area contributed by atoms with E-state index in [0.29, 0.717) is 0 Å².